The van der Waals surface area contributed by atoms with Crippen molar-refractivity contribution in [3.05, 3.63) is 46.4 Å². The molecule has 10 heteroatoms. The summed E-state index contributed by atoms with van der Waals surface area (Å²) in [5.74, 6) is 0.0799. The van der Waals surface area contributed by atoms with E-state index in [9.17, 15) is 14.0 Å². The van der Waals surface area contributed by atoms with Crippen LogP contribution in [0.2, 0.25) is 0 Å². The first kappa shape index (κ1) is 34.0. The van der Waals surface area contributed by atoms with E-state index in [1.54, 1.807) is 11.8 Å². The Bertz CT molecular complexity index is 918. The number of alkyl halides is 1. The van der Waals surface area contributed by atoms with Crippen molar-refractivity contribution in [3.63, 3.8) is 0 Å². The molecule has 1 heterocycles. The number of amides is 1. The molecule has 194 valence electrons. The van der Waals surface area contributed by atoms with Crippen molar-refractivity contribution in [2.45, 2.75) is 75.6 Å². The molecule has 1 saturated carbocycles. The molecule has 3 rings (SSSR count). The normalized spacial score (nSPS) is 19.8. The van der Waals surface area contributed by atoms with Gasteiger partial charge in [-0.2, -0.15) is 12.6 Å². The topological polar surface area (TPSA) is 75.9 Å². The van der Waals surface area contributed by atoms with Gasteiger partial charge >= 0.3 is 51.4 Å². The monoisotopic (exact) mass is 560 g/mol. The van der Waals surface area contributed by atoms with Gasteiger partial charge in [0.1, 0.15) is 6.04 Å². The quantitative estimate of drug-likeness (QED) is 0.199. The number of aldehydes is 1. The van der Waals surface area contributed by atoms with E-state index in [2.05, 4.69) is 53.9 Å². The first-order valence-electron chi connectivity index (χ1n) is 11.8. The third-order valence-corrected chi connectivity index (χ3v) is 7.35. The van der Waals surface area contributed by atoms with Gasteiger partial charge in [0.05, 0.1) is 5.70 Å². The zero-order valence-corrected chi connectivity index (χ0v) is 27.2. The number of halogens is 1. The molecule has 1 amide bonds. The van der Waals surface area contributed by atoms with Gasteiger partial charge in [-0.15, -0.1) is 18.3 Å². The largest absolute Gasteiger partial charge is 1.00 e. The molecule has 2 aliphatic rings. The Kier molecular flexibility index (Phi) is 14.7. The summed E-state index contributed by atoms with van der Waals surface area (Å²) < 4.78 is 11.4. The van der Waals surface area contributed by atoms with Crippen molar-refractivity contribution < 1.29 is 65.4 Å². The number of nitrogens with zero attached hydrogens (tertiary/aromatic N) is 3. The van der Waals surface area contributed by atoms with E-state index in [0.717, 1.165) is 41.1 Å². The van der Waals surface area contributed by atoms with Gasteiger partial charge in [0.2, 0.25) is 5.91 Å². The number of thioether (sulfide) groups is 1. The van der Waals surface area contributed by atoms with Gasteiger partial charge in [-0.3, -0.25) is 14.6 Å². The van der Waals surface area contributed by atoms with Crippen LogP contribution < -0.4 is 56.7 Å². The number of carbonyl (C=O) groups excluding carboxylic acids is 2. The molecule has 2 atom stereocenters. The predicted molar refractivity (Wildman–Crippen MR) is 149 cm³/mol. The van der Waals surface area contributed by atoms with Crippen LogP contribution in [0.15, 0.2) is 35.0 Å². The third-order valence-electron chi connectivity index (χ3n) is 6.16. The molecular formula is C26H38FKN4O2S2. The number of carbonyl (C=O) groups is 2. The summed E-state index contributed by atoms with van der Waals surface area (Å²) in [5, 5.41) is 7.97. The molecule has 1 aromatic carbocycles. The van der Waals surface area contributed by atoms with Crippen LogP contribution in [0.25, 0.3) is 10.2 Å². The molecular weight excluding hydrogens is 523 g/mol. The molecule has 1 saturated heterocycles. The van der Waals surface area contributed by atoms with Crippen LogP contribution in [0.5, 0.6) is 0 Å². The third kappa shape index (κ3) is 9.93. The van der Waals surface area contributed by atoms with E-state index in [1.807, 2.05) is 39.0 Å². The van der Waals surface area contributed by atoms with Crippen LogP contribution in [0.3, 0.4) is 0 Å². The Morgan fingerprint density at radius 1 is 1.42 bits per heavy atom. The second-order valence-corrected chi connectivity index (χ2v) is 11.5. The zero-order chi connectivity index (χ0) is 26.2. The van der Waals surface area contributed by atoms with Gasteiger partial charge in [-0.05, 0) is 65.6 Å². The van der Waals surface area contributed by atoms with Crippen LogP contribution in [-0.2, 0) is 16.1 Å². The predicted octanol–water partition coefficient (Wildman–Crippen LogP) is 2.25. The molecule has 0 bridgehead atoms. The molecule has 0 aromatic heterocycles. The van der Waals surface area contributed by atoms with Gasteiger partial charge in [0, 0.05) is 16.2 Å². The van der Waals surface area contributed by atoms with Gasteiger partial charge in [-0.1, -0.05) is 42.4 Å². The first-order chi connectivity index (χ1) is 16.5. The molecule has 0 radical (unpaired) electrons. The van der Waals surface area contributed by atoms with E-state index in [4.69, 9.17) is 5.32 Å². The number of benzene rings is 1. The van der Waals surface area contributed by atoms with Crippen LogP contribution in [0.4, 0.5) is 4.39 Å². The van der Waals surface area contributed by atoms with E-state index in [0.29, 0.717) is 25.7 Å². The number of likely N-dealkylation sites (tertiary alicyclic amines) is 1. The molecule has 0 unspecified atom stereocenters. The molecule has 1 aliphatic heterocycles. The molecule has 2 fully saturated rings. The number of hydrogen-bond donors (Lipinski definition) is 2. The number of rotatable bonds is 10. The minimum absolute atomic E-state index is 0. The molecule has 6 nitrogen and oxygen atoms in total. The van der Waals surface area contributed by atoms with Gasteiger partial charge in [-0.25, -0.2) is 4.39 Å². The Balaban J connectivity index is 0.000000807. The molecule has 0 spiro atoms. The van der Waals surface area contributed by atoms with Crippen molar-refractivity contribution in [1.82, 2.24) is 10.2 Å². The Morgan fingerprint density at radius 3 is 2.44 bits per heavy atom. The summed E-state index contributed by atoms with van der Waals surface area (Å²) in [5.41, 5.74) is 1.82. The van der Waals surface area contributed by atoms with E-state index in [-0.39, 0.29) is 69.5 Å². The summed E-state index contributed by atoms with van der Waals surface area (Å²) in [6.07, 6.45) is 5.14. The summed E-state index contributed by atoms with van der Waals surface area (Å²) >= 11 is 6.27. The number of thiol groups is 1. The Labute approximate surface area is 267 Å². The van der Waals surface area contributed by atoms with Crippen LogP contribution in [0, 0.1) is 0 Å². The number of hydrogen-bond acceptors (Lipinski definition) is 6. The van der Waals surface area contributed by atoms with Crippen molar-refractivity contribution in [1.29, 1.82) is 0 Å². The summed E-state index contributed by atoms with van der Waals surface area (Å²) in [4.78, 5) is 29.6. The first-order valence-corrected chi connectivity index (χ1v) is 13.5. The number of aliphatic imine (C=N–C) groups is 1. The number of nitrogens with one attached hydrogen (secondary N) is 1. The van der Waals surface area contributed by atoms with E-state index < -0.39 is 10.4 Å². The summed E-state index contributed by atoms with van der Waals surface area (Å²) in [7, 11) is 1.81. The van der Waals surface area contributed by atoms with Gasteiger partial charge in [0.15, 0.2) is 12.0 Å². The average Bonchev–Trinajstić information content (AvgIpc) is 3.39. The summed E-state index contributed by atoms with van der Waals surface area (Å²) in [6, 6.07) is 8.06. The fourth-order valence-electron chi connectivity index (χ4n) is 3.90. The van der Waals surface area contributed by atoms with Crippen molar-refractivity contribution in [3.8, 4) is 0 Å². The number of allylic oxidation sites excluding steroid dienone is 1. The number of likely N-dealkylation sites (N-methyl/N-ethyl adjacent to an activating group) is 1. The molecule has 1 aliphatic carbocycles. The van der Waals surface area contributed by atoms with Gasteiger partial charge in [0.25, 0.3) is 0 Å². The molecule has 1 N–H and O–H groups in total. The van der Waals surface area contributed by atoms with Crippen molar-refractivity contribution >= 4 is 48.2 Å². The minimum Gasteiger partial charge on any atom is -0.638 e. The van der Waals surface area contributed by atoms with E-state index >= 15 is 0 Å². The maximum absolute atomic E-state index is 13.0. The van der Waals surface area contributed by atoms with Gasteiger partial charge < -0.3 is 15.5 Å². The maximum Gasteiger partial charge on any atom is 1.00 e. The fraction of sp³-hybridized carbons (Fsp3) is 0.577. The standard InChI is InChI=1S/C22H33N4OS2.C4H5FO.K/c1-15(23-4)19(29-6)17-11-9-16(10-12-17)14-25-18-8-7-13-26(18)21(27)20(24-5)22(2,3)28;5-4(3-6)1-2-4;/h9-12,18,20,24,28H,4,7-8,13-14H2,1-3,5-6H3;3H,1-2H2;/q-1;;+1/b19-15-;;/t18-,20+;;/m0../s1. The van der Waals surface area contributed by atoms with Crippen LogP contribution in [-0.4, -0.2) is 66.3 Å². The van der Waals surface area contributed by atoms with Crippen LogP contribution in [0.1, 0.15) is 57.6 Å². The van der Waals surface area contributed by atoms with Crippen molar-refractivity contribution in [2.75, 3.05) is 19.8 Å². The van der Waals surface area contributed by atoms with Crippen LogP contribution >= 0.6 is 24.4 Å². The maximum atomic E-state index is 13.0. The Hall–Kier alpha value is -0.0436. The fourth-order valence-corrected chi connectivity index (χ4v) is 4.87. The molecule has 1 aromatic rings. The second-order valence-electron chi connectivity index (χ2n) is 9.50. The Morgan fingerprint density at radius 2 is 2.03 bits per heavy atom. The minimum atomic E-state index is -1.39. The summed E-state index contributed by atoms with van der Waals surface area (Å²) in [6.45, 7) is 10.9. The average molecular weight is 561 g/mol. The molecule has 36 heavy (non-hydrogen) atoms. The smallest absolute Gasteiger partial charge is 0.638 e. The zero-order valence-electron chi connectivity index (χ0n) is 22.4. The van der Waals surface area contributed by atoms with Crippen molar-refractivity contribution in [2.24, 2.45) is 4.99 Å². The van der Waals surface area contributed by atoms with E-state index in [1.165, 1.54) is 0 Å². The SMILES string of the molecule is C=N/C(C)=C(\SC)c1ccc(C[N-][C@@H]2CCCN2C(=O)[C@@H](NC)C(C)(C)S)cc1.O=CC1(F)CC1.[K+]. The second kappa shape index (κ2) is 15.5.